The summed E-state index contributed by atoms with van der Waals surface area (Å²) in [6, 6.07) is 0. The minimum atomic E-state index is -0.0608. The Morgan fingerprint density at radius 3 is 2.67 bits per heavy atom. The molecule has 1 saturated heterocycles. The van der Waals surface area contributed by atoms with E-state index in [4.69, 9.17) is 0 Å². The first-order valence-electron chi connectivity index (χ1n) is 4.27. The molecule has 0 aromatic carbocycles. The second-order valence-electron chi connectivity index (χ2n) is 3.94. The fraction of sp³-hybridized carbons (Fsp3) is 1.00. The molecule has 0 bridgehead atoms. The van der Waals surface area contributed by atoms with Crippen molar-refractivity contribution >= 4 is 0 Å². The van der Waals surface area contributed by atoms with Crippen LogP contribution >= 0.6 is 0 Å². The minimum Gasteiger partial charge on any atom is -0.303 e. The van der Waals surface area contributed by atoms with E-state index in [0.29, 0.717) is 6.54 Å². The normalized spacial score (nSPS) is 33.6. The molecule has 1 rings (SSSR count). The molecule has 0 amide bonds. The van der Waals surface area contributed by atoms with E-state index >= 15 is 0 Å². The lowest BCUT2D eigenvalue weighted by Gasteiger charge is -2.44. The van der Waals surface area contributed by atoms with Crippen molar-refractivity contribution in [2.45, 2.75) is 12.5 Å². The van der Waals surface area contributed by atoms with Crippen LogP contribution in [0.4, 0.5) is 0 Å². The standard InChI is InChI=1S/C8H17N3O/c1-8(6-9-12)7-10(2)4-5-11(8)3/h4-7H2,1-3H3. The Kier molecular flexibility index (Phi) is 2.80. The Hall–Kier alpha value is -0.480. The molecule has 1 unspecified atom stereocenters. The lowest BCUT2D eigenvalue weighted by Crippen LogP contribution is -2.59. The highest BCUT2D eigenvalue weighted by molar-refractivity contribution is 4.92. The number of nitrogens with zero attached hydrogens (tertiary/aromatic N) is 3. The minimum absolute atomic E-state index is 0.0608. The van der Waals surface area contributed by atoms with Gasteiger partial charge >= 0.3 is 0 Å². The van der Waals surface area contributed by atoms with Crippen LogP contribution in [-0.2, 0) is 0 Å². The monoisotopic (exact) mass is 171 g/mol. The Bertz CT molecular complexity index is 174. The lowest BCUT2D eigenvalue weighted by atomic mass is 9.97. The summed E-state index contributed by atoms with van der Waals surface area (Å²) in [5, 5.41) is 3.00. The summed E-state index contributed by atoms with van der Waals surface area (Å²) in [6.07, 6.45) is 0. The molecule has 0 aromatic rings. The van der Waals surface area contributed by atoms with Crippen molar-refractivity contribution in [2.24, 2.45) is 5.18 Å². The van der Waals surface area contributed by atoms with Crippen LogP contribution in [0.15, 0.2) is 5.18 Å². The zero-order chi connectivity index (χ0) is 9.19. The molecule has 70 valence electrons. The van der Waals surface area contributed by atoms with Crippen LogP contribution in [0.3, 0.4) is 0 Å². The molecular formula is C8H17N3O. The van der Waals surface area contributed by atoms with Crippen molar-refractivity contribution in [3.8, 4) is 0 Å². The van der Waals surface area contributed by atoms with Crippen LogP contribution in [0.1, 0.15) is 6.92 Å². The fourth-order valence-electron chi connectivity index (χ4n) is 1.68. The van der Waals surface area contributed by atoms with Crippen molar-refractivity contribution < 1.29 is 0 Å². The molecule has 0 N–H and O–H groups in total. The molecule has 1 heterocycles. The molecule has 0 aliphatic carbocycles. The highest BCUT2D eigenvalue weighted by Gasteiger charge is 2.34. The molecule has 1 atom stereocenters. The van der Waals surface area contributed by atoms with Crippen LogP contribution in [-0.4, -0.2) is 55.6 Å². The van der Waals surface area contributed by atoms with Crippen LogP contribution in [0.5, 0.6) is 0 Å². The van der Waals surface area contributed by atoms with E-state index in [1.165, 1.54) is 0 Å². The third kappa shape index (κ3) is 1.81. The van der Waals surface area contributed by atoms with Crippen LogP contribution < -0.4 is 0 Å². The highest BCUT2D eigenvalue weighted by Crippen LogP contribution is 2.18. The lowest BCUT2D eigenvalue weighted by molar-refractivity contribution is 0.0469. The largest absolute Gasteiger partial charge is 0.303 e. The number of nitroso groups, excluding NO2 is 1. The average molecular weight is 171 g/mol. The van der Waals surface area contributed by atoms with Gasteiger partial charge in [-0.25, -0.2) is 0 Å². The summed E-state index contributed by atoms with van der Waals surface area (Å²) in [5.41, 5.74) is -0.0608. The van der Waals surface area contributed by atoms with E-state index in [1.807, 2.05) is 0 Å². The number of hydrogen-bond donors (Lipinski definition) is 0. The van der Waals surface area contributed by atoms with Crippen LogP contribution in [0.25, 0.3) is 0 Å². The highest BCUT2D eigenvalue weighted by atomic mass is 16.3. The van der Waals surface area contributed by atoms with Gasteiger partial charge in [0.1, 0.15) is 6.54 Å². The van der Waals surface area contributed by atoms with Gasteiger partial charge in [-0.15, -0.1) is 0 Å². The maximum atomic E-state index is 10.2. The summed E-state index contributed by atoms with van der Waals surface area (Å²) in [6.45, 7) is 5.49. The number of hydrogen-bond acceptors (Lipinski definition) is 4. The van der Waals surface area contributed by atoms with Crippen molar-refractivity contribution in [2.75, 3.05) is 40.3 Å². The molecule has 4 nitrogen and oxygen atoms in total. The van der Waals surface area contributed by atoms with Crippen molar-refractivity contribution in [3.05, 3.63) is 4.91 Å². The summed E-state index contributed by atoms with van der Waals surface area (Å²) in [7, 11) is 4.13. The van der Waals surface area contributed by atoms with Gasteiger partial charge in [0.15, 0.2) is 0 Å². The molecule has 1 aliphatic rings. The Labute approximate surface area is 73.5 Å². The predicted octanol–water partition coefficient (Wildman–Crippen LogP) is 0.389. The molecule has 12 heavy (non-hydrogen) atoms. The Balaban J connectivity index is 2.63. The molecule has 0 radical (unpaired) electrons. The predicted molar refractivity (Wildman–Crippen MR) is 49.2 cm³/mol. The number of piperazine rings is 1. The number of likely N-dealkylation sites (N-methyl/N-ethyl adjacent to an activating group) is 2. The maximum Gasteiger partial charge on any atom is 0.100 e. The Morgan fingerprint density at radius 2 is 2.08 bits per heavy atom. The molecule has 0 spiro atoms. The van der Waals surface area contributed by atoms with Gasteiger partial charge in [0.2, 0.25) is 0 Å². The first-order chi connectivity index (χ1) is 5.58. The zero-order valence-corrected chi connectivity index (χ0v) is 8.08. The molecule has 1 fully saturated rings. The van der Waals surface area contributed by atoms with E-state index in [0.717, 1.165) is 19.6 Å². The first kappa shape index (κ1) is 9.61. The van der Waals surface area contributed by atoms with Crippen molar-refractivity contribution in [1.29, 1.82) is 0 Å². The first-order valence-corrected chi connectivity index (χ1v) is 4.27. The molecule has 1 aliphatic heterocycles. The fourth-order valence-corrected chi connectivity index (χ4v) is 1.68. The molecule has 0 aromatic heterocycles. The Morgan fingerprint density at radius 1 is 1.42 bits per heavy atom. The summed E-state index contributed by atoms with van der Waals surface area (Å²) < 4.78 is 0. The second-order valence-corrected chi connectivity index (χ2v) is 3.94. The van der Waals surface area contributed by atoms with Gasteiger partial charge < -0.3 is 4.90 Å². The molecular weight excluding hydrogens is 154 g/mol. The SMILES string of the molecule is CN1CCN(C)C(C)(CN=O)C1. The number of rotatable bonds is 2. The van der Waals surface area contributed by atoms with E-state index in [-0.39, 0.29) is 5.54 Å². The van der Waals surface area contributed by atoms with Gasteiger partial charge in [-0.1, -0.05) is 5.18 Å². The van der Waals surface area contributed by atoms with Crippen molar-refractivity contribution in [1.82, 2.24) is 9.80 Å². The summed E-state index contributed by atoms with van der Waals surface area (Å²) in [4.78, 5) is 14.7. The van der Waals surface area contributed by atoms with E-state index < -0.39 is 0 Å². The summed E-state index contributed by atoms with van der Waals surface area (Å²) in [5.74, 6) is 0. The van der Waals surface area contributed by atoms with Crippen LogP contribution in [0.2, 0.25) is 0 Å². The zero-order valence-electron chi connectivity index (χ0n) is 8.08. The maximum absolute atomic E-state index is 10.2. The van der Waals surface area contributed by atoms with Crippen LogP contribution in [0, 0.1) is 4.91 Å². The molecule has 4 heteroatoms. The van der Waals surface area contributed by atoms with Gasteiger partial charge in [-0.2, -0.15) is 4.91 Å². The van der Waals surface area contributed by atoms with E-state index in [2.05, 4.69) is 36.0 Å². The van der Waals surface area contributed by atoms with E-state index in [9.17, 15) is 4.91 Å². The summed E-state index contributed by atoms with van der Waals surface area (Å²) >= 11 is 0. The van der Waals surface area contributed by atoms with Gasteiger partial charge in [-0.3, -0.25) is 4.90 Å². The van der Waals surface area contributed by atoms with Gasteiger partial charge in [0.05, 0.1) is 5.54 Å². The smallest absolute Gasteiger partial charge is 0.100 e. The quantitative estimate of drug-likeness (QED) is 0.564. The van der Waals surface area contributed by atoms with E-state index in [1.54, 1.807) is 0 Å². The van der Waals surface area contributed by atoms with Gasteiger partial charge in [0.25, 0.3) is 0 Å². The second kappa shape index (κ2) is 3.49. The third-order valence-corrected chi connectivity index (χ3v) is 2.75. The van der Waals surface area contributed by atoms with Gasteiger partial charge in [0, 0.05) is 19.6 Å². The van der Waals surface area contributed by atoms with Crippen molar-refractivity contribution in [3.63, 3.8) is 0 Å². The average Bonchev–Trinajstić information content (AvgIpc) is 1.98. The molecule has 0 saturated carbocycles. The van der Waals surface area contributed by atoms with Gasteiger partial charge in [-0.05, 0) is 21.0 Å². The third-order valence-electron chi connectivity index (χ3n) is 2.75. The topological polar surface area (TPSA) is 35.9 Å².